The van der Waals surface area contributed by atoms with E-state index in [0.29, 0.717) is 0 Å². The van der Waals surface area contributed by atoms with E-state index in [0.717, 1.165) is 22.5 Å². The molecule has 0 bridgehead atoms. The Morgan fingerprint density at radius 1 is 0.870 bits per heavy atom. The summed E-state index contributed by atoms with van der Waals surface area (Å²) >= 11 is 0. The van der Waals surface area contributed by atoms with Crippen LogP contribution in [0, 0.1) is 6.92 Å². The lowest BCUT2D eigenvalue weighted by molar-refractivity contribution is -0.141. The highest BCUT2D eigenvalue weighted by molar-refractivity contribution is 5.75. The number of carbonyl (C=O) groups excluding carboxylic acids is 1. The van der Waals surface area contributed by atoms with Gasteiger partial charge in [0.05, 0.1) is 7.11 Å². The zero-order valence-corrected chi connectivity index (χ0v) is 13.3. The first kappa shape index (κ1) is 15.1. The summed E-state index contributed by atoms with van der Waals surface area (Å²) in [4.78, 5) is 11.9. The topological polar surface area (TPSA) is 31.2 Å². The van der Waals surface area contributed by atoms with Gasteiger partial charge in [-0.2, -0.15) is 0 Å². The van der Waals surface area contributed by atoms with Gasteiger partial charge >= 0.3 is 5.97 Å². The van der Waals surface area contributed by atoms with E-state index in [-0.39, 0.29) is 12.5 Å². The van der Waals surface area contributed by atoms with Crippen molar-refractivity contribution in [2.24, 2.45) is 0 Å². The lowest BCUT2D eigenvalue weighted by atomic mass is 10.1. The average molecular weight is 305 g/mol. The lowest BCUT2D eigenvalue weighted by Crippen LogP contribution is -2.13. The van der Waals surface area contributed by atoms with Gasteiger partial charge in [-0.05, 0) is 30.2 Å². The number of nitrogens with zero attached hydrogens (tertiary/aromatic N) is 1. The lowest BCUT2D eigenvalue weighted by Gasteiger charge is -2.13. The van der Waals surface area contributed by atoms with E-state index >= 15 is 0 Å². The number of benzene rings is 2. The summed E-state index contributed by atoms with van der Waals surface area (Å²) in [7, 11) is 1.42. The van der Waals surface area contributed by atoms with Gasteiger partial charge in [-0.25, -0.2) is 0 Å². The Kier molecular flexibility index (Phi) is 4.29. The van der Waals surface area contributed by atoms with Crippen LogP contribution in [0.1, 0.15) is 5.56 Å². The van der Waals surface area contributed by atoms with Crippen molar-refractivity contribution in [3.63, 3.8) is 0 Å². The fourth-order valence-electron chi connectivity index (χ4n) is 2.67. The van der Waals surface area contributed by atoms with Gasteiger partial charge in [0.25, 0.3) is 0 Å². The Hall–Kier alpha value is -2.81. The molecule has 3 nitrogen and oxygen atoms in total. The van der Waals surface area contributed by atoms with Crippen molar-refractivity contribution in [3.05, 3.63) is 72.3 Å². The Morgan fingerprint density at radius 3 is 2.00 bits per heavy atom. The van der Waals surface area contributed by atoms with Crippen molar-refractivity contribution in [1.29, 1.82) is 0 Å². The Labute approximate surface area is 136 Å². The SMILES string of the molecule is COC(=O)Cn1c(-c2ccccc2)ccc1-c1ccc(C)cc1. The first-order valence-corrected chi connectivity index (χ1v) is 7.58. The molecule has 0 atom stereocenters. The van der Waals surface area contributed by atoms with E-state index in [1.54, 1.807) is 0 Å². The predicted octanol–water partition coefficient (Wildman–Crippen LogP) is 4.30. The van der Waals surface area contributed by atoms with Crippen LogP contribution in [-0.2, 0) is 16.1 Å². The van der Waals surface area contributed by atoms with Crippen LogP contribution in [0.4, 0.5) is 0 Å². The molecule has 2 aromatic carbocycles. The highest BCUT2D eigenvalue weighted by atomic mass is 16.5. The zero-order valence-electron chi connectivity index (χ0n) is 13.3. The molecule has 0 saturated carbocycles. The molecule has 1 heterocycles. The van der Waals surface area contributed by atoms with E-state index in [9.17, 15) is 4.79 Å². The number of esters is 1. The Morgan fingerprint density at radius 2 is 1.43 bits per heavy atom. The quantitative estimate of drug-likeness (QED) is 0.673. The predicted molar refractivity (Wildman–Crippen MR) is 92.1 cm³/mol. The van der Waals surface area contributed by atoms with Crippen LogP contribution in [0.25, 0.3) is 22.5 Å². The van der Waals surface area contributed by atoms with Gasteiger partial charge in [-0.3, -0.25) is 4.79 Å². The molecular weight excluding hydrogens is 286 g/mol. The smallest absolute Gasteiger partial charge is 0.325 e. The van der Waals surface area contributed by atoms with Gasteiger partial charge in [-0.15, -0.1) is 0 Å². The fourth-order valence-corrected chi connectivity index (χ4v) is 2.67. The number of aryl methyl sites for hydroxylation is 1. The van der Waals surface area contributed by atoms with Crippen LogP contribution in [0.5, 0.6) is 0 Å². The second kappa shape index (κ2) is 6.53. The summed E-state index contributed by atoms with van der Waals surface area (Å²) in [5.74, 6) is -0.258. The van der Waals surface area contributed by atoms with Crippen molar-refractivity contribution in [2.75, 3.05) is 7.11 Å². The van der Waals surface area contributed by atoms with E-state index in [2.05, 4.69) is 37.3 Å². The van der Waals surface area contributed by atoms with Gasteiger partial charge in [-0.1, -0.05) is 60.2 Å². The normalized spacial score (nSPS) is 10.5. The van der Waals surface area contributed by atoms with E-state index in [1.807, 2.05) is 41.0 Å². The number of aromatic nitrogens is 1. The minimum absolute atomic E-state index is 0.191. The molecule has 0 N–H and O–H groups in total. The maximum atomic E-state index is 11.9. The number of hydrogen-bond donors (Lipinski definition) is 0. The molecule has 116 valence electrons. The number of hydrogen-bond acceptors (Lipinski definition) is 2. The monoisotopic (exact) mass is 305 g/mol. The van der Waals surface area contributed by atoms with E-state index < -0.39 is 0 Å². The molecule has 0 aliphatic heterocycles. The summed E-state index contributed by atoms with van der Waals surface area (Å²) in [6, 6.07) is 22.5. The molecule has 0 unspecified atom stereocenters. The number of ether oxygens (including phenoxy) is 1. The van der Waals surface area contributed by atoms with E-state index in [4.69, 9.17) is 4.74 Å². The highest BCUT2D eigenvalue weighted by Gasteiger charge is 2.14. The van der Waals surface area contributed by atoms with Crippen molar-refractivity contribution in [2.45, 2.75) is 13.5 Å². The van der Waals surface area contributed by atoms with Crippen LogP contribution >= 0.6 is 0 Å². The standard InChI is InChI=1S/C20H19NO2/c1-15-8-10-17(11-9-15)19-13-12-18(16-6-4-3-5-7-16)21(19)14-20(22)23-2/h3-13H,14H2,1-2H3. The molecule has 3 heteroatoms. The highest BCUT2D eigenvalue weighted by Crippen LogP contribution is 2.29. The molecule has 0 saturated heterocycles. The van der Waals surface area contributed by atoms with Gasteiger partial charge in [0.2, 0.25) is 0 Å². The number of carbonyl (C=O) groups is 1. The van der Waals surface area contributed by atoms with Gasteiger partial charge in [0, 0.05) is 11.4 Å². The number of methoxy groups -OCH3 is 1. The third-order valence-electron chi connectivity index (χ3n) is 3.91. The second-order valence-corrected chi connectivity index (χ2v) is 5.50. The maximum Gasteiger partial charge on any atom is 0.325 e. The Balaban J connectivity index is 2.11. The molecule has 0 fully saturated rings. The van der Waals surface area contributed by atoms with Crippen LogP contribution in [0.2, 0.25) is 0 Å². The molecule has 23 heavy (non-hydrogen) atoms. The first-order valence-electron chi connectivity index (χ1n) is 7.58. The van der Waals surface area contributed by atoms with Crippen molar-refractivity contribution in [3.8, 4) is 22.5 Å². The third kappa shape index (κ3) is 3.19. The minimum atomic E-state index is -0.258. The van der Waals surface area contributed by atoms with Crippen LogP contribution in [0.15, 0.2) is 66.7 Å². The first-order chi connectivity index (χ1) is 11.2. The average Bonchev–Trinajstić information content (AvgIpc) is 2.99. The van der Waals surface area contributed by atoms with Crippen LogP contribution in [-0.4, -0.2) is 17.6 Å². The molecular formula is C20H19NO2. The molecule has 0 radical (unpaired) electrons. The Bertz CT molecular complexity index is 801. The summed E-state index contributed by atoms with van der Waals surface area (Å²) in [5.41, 5.74) is 5.39. The molecule has 3 rings (SSSR count). The summed E-state index contributed by atoms with van der Waals surface area (Å²) in [5, 5.41) is 0. The van der Waals surface area contributed by atoms with Crippen LogP contribution in [0.3, 0.4) is 0 Å². The largest absolute Gasteiger partial charge is 0.468 e. The molecule has 0 aliphatic carbocycles. The summed E-state index contributed by atoms with van der Waals surface area (Å²) in [6.07, 6.45) is 0. The summed E-state index contributed by atoms with van der Waals surface area (Å²) in [6.45, 7) is 2.25. The third-order valence-corrected chi connectivity index (χ3v) is 3.91. The van der Waals surface area contributed by atoms with Crippen molar-refractivity contribution >= 4 is 5.97 Å². The minimum Gasteiger partial charge on any atom is -0.468 e. The summed E-state index contributed by atoms with van der Waals surface area (Å²) < 4.78 is 6.87. The maximum absolute atomic E-state index is 11.9. The second-order valence-electron chi connectivity index (χ2n) is 5.50. The van der Waals surface area contributed by atoms with Crippen LogP contribution < -0.4 is 0 Å². The molecule has 3 aromatic rings. The van der Waals surface area contributed by atoms with Gasteiger partial charge in [0.1, 0.15) is 6.54 Å². The molecule has 1 aromatic heterocycles. The van der Waals surface area contributed by atoms with Crippen molar-refractivity contribution in [1.82, 2.24) is 4.57 Å². The number of rotatable bonds is 4. The van der Waals surface area contributed by atoms with Crippen molar-refractivity contribution < 1.29 is 9.53 Å². The fraction of sp³-hybridized carbons (Fsp3) is 0.150. The van der Waals surface area contributed by atoms with Gasteiger partial charge < -0.3 is 9.30 Å². The molecule has 0 spiro atoms. The van der Waals surface area contributed by atoms with Gasteiger partial charge in [0.15, 0.2) is 0 Å². The zero-order chi connectivity index (χ0) is 16.2. The molecule has 0 amide bonds. The molecule has 0 aliphatic rings. The van der Waals surface area contributed by atoms with E-state index in [1.165, 1.54) is 12.7 Å².